The van der Waals surface area contributed by atoms with Crippen LogP contribution in [-0.4, -0.2) is 18.1 Å². The van der Waals surface area contributed by atoms with Gasteiger partial charge in [0.2, 0.25) is 0 Å². The van der Waals surface area contributed by atoms with Crippen LogP contribution in [0.25, 0.3) is 0 Å². The van der Waals surface area contributed by atoms with Crippen LogP contribution in [0.5, 0.6) is 0 Å². The van der Waals surface area contributed by atoms with Gasteiger partial charge in [0.25, 0.3) is 0 Å². The molecule has 1 aromatic rings. The first-order valence-electron chi connectivity index (χ1n) is 5.84. The van der Waals surface area contributed by atoms with Gasteiger partial charge in [-0.25, -0.2) is 0 Å². The Hall–Kier alpha value is -0.890. The fraction of sp³-hybridized carbons (Fsp3) is 0.615. The minimum Gasteiger partial charge on any atom is -0.317 e. The summed E-state index contributed by atoms with van der Waals surface area (Å²) in [6, 6.07) is 2.88. The Bertz CT molecular complexity index is 284. The van der Waals surface area contributed by atoms with Gasteiger partial charge in [0.1, 0.15) is 0 Å². The highest BCUT2D eigenvalue weighted by Gasteiger charge is 2.04. The molecule has 1 aromatic heterocycles. The van der Waals surface area contributed by atoms with Crippen molar-refractivity contribution in [3.8, 4) is 0 Å². The molecule has 0 bridgehead atoms. The van der Waals surface area contributed by atoms with Crippen LogP contribution in [-0.2, 0) is 6.42 Å². The normalized spacial score (nSPS) is 12.7. The summed E-state index contributed by atoms with van der Waals surface area (Å²) in [5.41, 5.74) is 2.61. The topological polar surface area (TPSA) is 24.9 Å². The number of rotatable bonds is 6. The van der Waals surface area contributed by atoms with Crippen LogP contribution in [0.2, 0.25) is 0 Å². The molecule has 2 nitrogen and oxygen atoms in total. The van der Waals surface area contributed by atoms with E-state index in [1.54, 1.807) is 0 Å². The Morgan fingerprint density at radius 2 is 2.13 bits per heavy atom. The molecule has 1 rings (SSSR count). The zero-order chi connectivity index (χ0) is 11.1. The van der Waals surface area contributed by atoms with E-state index in [1.807, 2.05) is 12.4 Å². The van der Waals surface area contributed by atoms with Crippen LogP contribution in [0.1, 0.15) is 37.3 Å². The minimum atomic E-state index is 0.649. The van der Waals surface area contributed by atoms with Crippen molar-refractivity contribution in [2.24, 2.45) is 0 Å². The van der Waals surface area contributed by atoms with Crippen molar-refractivity contribution >= 4 is 0 Å². The Morgan fingerprint density at radius 3 is 2.73 bits per heavy atom. The molecular formula is C13H22N2. The van der Waals surface area contributed by atoms with Crippen molar-refractivity contribution in [2.75, 3.05) is 7.05 Å². The molecule has 0 spiro atoms. The first kappa shape index (κ1) is 12.2. The molecule has 0 aliphatic carbocycles. The summed E-state index contributed by atoms with van der Waals surface area (Å²) in [6.07, 6.45) is 8.72. The fourth-order valence-electron chi connectivity index (χ4n) is 1.88. The smallest absolute Gasteiger partial charge is 0.0300 e. The summed E-state index contributed by atoms with van der Waals surface area (Å²) in [5.74, 6) is 0. The maximum Gasteiger partial charge on any atom is 0.0300 e. The molecule has 1 N–H and O–H groups in total. The van der Waals surface area contributed by atoms with Crippen LogP contribution >= 0.6 is 0 Å². The van der Waals surface area contributed by atoms with E-state index in [4.69, 9.17) is 0 Å². The molecule has 1 atom stereocenters. The van der Waals surface area contributed by atoms with Gasteiger partial charge in [-0.3, -0.25) is 4.98 Å². The van der Waals surface area contributed by atoms with Crippen LogP contribution in [0.4, 0.5) is 0 Å². The Labute approximate surface area is 93.1 Å². The van der Waals surface area contributed by atoms with Gasteiger partial charge in [-0.15, -0.1) is 0 Å². The van der Waals surface area contributed by atoms with Gasteiger partial charge in [-0.1, -0.05) is 19.4 Å². The molecule has 0 aliphatic rings. The summed E-state index contributed by atoms with van der Waals surface area (Å²) in [4.78, 5) is 4.21. The number of hydrogen-bond donors (Lipinski definition) is 1. The van der Waals surface area contributed by atoms with Gasteiger partial charge in [0.05, 0.1) is 0 Å². The number of pyridine rings is 1. The predicted octanol–water partition coefficient (Wildman–Crippen LogP) is 2.71. The summed E-state index contributed by atoms with van der Waals surface area (Å²) >= 11 is 0. The second-order valence-electron chi connectivity index (χ2n) is 4.18. The predicted molar refractivity (Wildman–Crippen MR) is 65.1 cm³/mol. The van der Waals surface area contributed by atoms with Crippen molar-refractivity contribution in [2.45, 2.75) is 45.6 Å². The third-order valence-corrected chi connectivity index (χ3v) is 2.76. The molecule has 0 saturated heterocycles. The summed E-state index contributed by atoms with van der Waals surface area (Å²) in [6.45, 7) is 4.33. The summed E-state index contributed by atoms with van der Waals surface area (Å²) in [5, 5.41) is 3.37. The number of aromatic nitrogens is 1. The quantitative estimate of drug-likeness (QED) is 0.774. The minimum absolute atomic E-state index is 0.649. The Balaban J connectivity index is 2.41. The molecule has 0 aliphatic heterocycles. The molecule has 0 amide bonds. The molecule has 0 radical (unpaired) electrons. The first-order valence-corrected chi connectivity index (χ1v) is 5.84. The Morgan fingerprint density at radius 1 is 1.33 bits per heavy atom. The molecule has 1 heterocycles. The van der Waals surface area contributed by atoms with E-state index in [1.165, 1.54) is 30.4 Å². The highest BCUT2D eigenvalue weighted by molar-refractivity contribution is 5.16. The molecule has 0 saturated carbocycles. The van der Waals surface area contributed by atoms with Crippen LogP contribution < -0.4 is 5.32 Å². The molecule has 1 unspecified atom stereocenters. The molecular weight excluding hydrogens is 184 g/mol. The van der Waals surface area contributed by atoms with Crippen molar-refractivity contribution in [3.63, 3.8) is 0 Å². The highest BCUT2D eigenvalue weighted by atomic mass is 14.9. The highest BCUT2D eigenvalue weighted by Crippen LogP contribution is 2.09. The molecule has 15 heavy (non-hydrogen) atoms. The average molecular weight is 206 g/mol. The van der Waals surface area contributed by atoms with Gasteiger partial charge in [-0.2, -0.15) is 0 Å². The van der Waals surface area contributed by atoms with Crippen LogP contribution in [0, 0.1) is 6.92 Å². The lowest BCUT2D eigenvalue weighted by Crippen LogP contribution is -2.25. The number of nitrogens with one attached hydrogen (secondary N) is 1. The fourth-order valence-corrected chi connectivity index (χ4v) is 1.88. The van der Waals surface area contributed by atoms with E-state index in [9.17, 15) is 0 Å². The number of aryl methyl sites for hydroxylation is 2. The number of hydrogen-bond acceptors (Lipinski definition) is 2. The average Bonchev–Trinajstić information content (AvgIpc) is 2.24. The number of nitrogens with zero attached hydrogens (tertiary/aromatic N) is 1. The molecule has 84 valence electrons. The standard InChI is InChI=1S/C13H22N2/c1-4-5-13(14-3)7-6-12-8-11(2)9-15-10-12/h8-10,13-14H,4-7H2,1-3H3. The van der Waals surface area contributed by atoms with Crippen molar-refractivity contribution < 1.29 is 0 Å². The van der Waals surface area contributed by atoms with Gasteiger partial charge in [0.15, 0.2) is 0 Å². The van der Waals surface area contributed by atoms with Gasteiger partial charge in [0, 0.05) is 18.4 Å². The van der Waals surface area contributed by atoms with E-state index in [-0.39, 0.29) is 0 Å². The SMILES string of the molecule is CCCC(CCc1cncc(C)c1)NC. The van der Waals surface area contributed by atoms with Gasteiger partial charge < -0.3 is 5.32 Å². The lowest BCUT2D eigenvalue weighted by molar-refractivity contribution is 0.484. The first-order chi connectivity index (χ1) is 7.26. The van der Waals surface area contributed by atoms with E-state index in [2.05, 4.69) is 37.3 Å². The second kappa shape index (κ2) is 6.57. The lowest BCUT2D eigenvalue weighted by atomic mass is 10.0. The third-order valence-electron chi connectivity index (χ3n) is 2.76. The van der Waals surface area contributed by atoms with Crippen LogP contribution in [0.3, 0.4) is 0 Å². The van der Waals surface area contributed by atoms with Gasteiger partial charge in [-0.05, 0) is 44.4 Å². The third kappa shape index (κ3) is 4.43. The summed E-state index contributed by atoms with van der Waals surface area (Å²) in [7, 11) is 2.05. The summed E-state index contributed by atoms with van der Waals surface area (Å²) < 4.78 is 0. The molecule has 0 fully saturated rings. The molecule has 2 heteroatoms. The van der Waals surface area contributed by atoms with Gasteiger partial charge >= 0.3 is 0 Å². The monoisotopic (exact) mass is 206 g/mol. The second-order valence-corrected chi connectivity index (χ2v) is 4.18. The Kier molecular flexibility index (Phi) is 5.33. The van der Waals surface area contributed by atoms with Crippen molar-refractivity contribution in [1.82, 2.24) is 10.3 Å². The van der Waals surface area contributed by atoms with E-state index >= 15 is 0 Å². The molecule has 0 aromatic carbocycles. The van der Waals surface area contributed by atoms with E-state index in [0.717, 1.165) is 6.42 Å². The maximum absolute atomic E-state index is 4.21. The van der Waals surface area contributed by atoms with Crippen LogP contribution in [0.15, 0.2) is 18.5 Å². The van der Waals surface area contributed by atoms with Crippen molar-refractivity contribution in [1.29, 1.82) is 0 Å². The van der Waals surface area contributed by atoms with Crippen molar-refractivity contribution in [3.05, 3.63) is 29.6 Å². The zero-order valence-electron chi connectivity index (χ0n) is 10.1. The largest absolute Gasteiger partial charge is 0.317 e. The zero-order valence-corrected chi connectivity index (χ0v) is 10.1. The van der Waals surface area contributed by atoms with E-state index < -0.39 is 0 Å². The van der Waals surface area contributed by atoms with E-state index in [0.29, 0.717) is 6.04 Å². The maximum atomic E-state index is 4.21. The lowest BCUT2D eigenvalue weighted by Gasteiger charge is -2.14.